The molecule has 1 fully saturated rings. The highest BCUT2D eigenvalue weighted by Gasteiger charge is 2.30. The summed E-state index contributed by atoms with van der Waals surface area (Å²) in [5.74, 6) is 0.780. The Hall–Kier alpha value is -0.830. The van der Waals surface area contributed by atoms with Gasteiger partial charge in [-0.3, -0.25) is 4.79 Å². The van der Waals surface area contributed by atoms with Gasteiger partial charge in [0.25, 0.3) is 5.91 Å². The number of nitrogens with zero attached hydrogens (tertiary/aromatic N) is 1. The van der Waals surface area contributed by atoms with Crippen LogP contribution in [-0.4, -0.2) is 23.4 Å². The Kier molecular flexibility index (Phi) is 3.57. The molecular formula is C14H18BrNO. The zero-order chi connectivity index (χ0) is 12.6. The van der Waals surface area contributed by atoms with E-state index in [1.54, 1.807) is 0 Å². The first-order valence-electron chi connectivity index (χ1n) is 6.06. The maximum atomic E-state index is 12.5. The maximum absolute atomic E-state index is 12.5. The molecule has 2 rings (SSSR count). The first-order valence-corrected chi connectivity index (χ1v) is 6.85. The first kappa shape index (κ1) is 12.6. The number of aryl methyl sites for hydroxylation is 1. The topological polar surface area (TPSA) is 20.3 Å². The lowest BCUT2D eigenvalue weighted by molar-refractivity contribution is 0.0743. The van der Waals surface area contributed by atoms with Gasteiger partial charge in [-0.15, -0.1) is 0 Å². The molecule has 0 aromatic heterocycles. The van der Waals surface area contributed by atoms with Gasteiger partial charge >= 0.3 is 0 Å². The minimum atomic E-state index is 0.167. The van der Waals surface area contributed by atoms with E-state index in [0.717, 1.165) is 28.6 Å². The summed E-state index contributed by atoms with van der Waals surface area (Å²) in [5, 5.41) is 0. The number of carbonyl (C=O) groups excluding carboxylic acids is 1. The van der Waals surface area contributed by atoms with Gasteiger partial charge in [-0.2, -0.15) is 0 Å². The van der Waals surface area contributed by atoms with Gasteiger partial charge in [0.05, 0.1) is 0 Å². The van der Waals surface area contributed by atoms with E-state index in [9.17, 15) is 4.79 Å². The van der Waals surface area contributed by atoms with Crippen molar-refractivity contribution in [2.24, 2.45) is 5.92 Å². The number of rotatable bonds is 1. The van der Waals surface area contributed by atoms with Gasteiger partial charge in [0.2, 0.25) is 0 Å². The summed E-state index contributed by atoms with van der Waals surface area (Å²) in [6.45, 7) is 7.21. The fraction of sp³-hybridized carbons (Fsp3) is 0.500. The third-order valence-corrected chi connectivity index (χ3v) is 3.97. The molecule has 0 bridgehead atoms. The van der Waals surface area contributed by atoms with Gasteiger partial charge in [-0.05, 0) is 43.9 Å². The Morgan fingerprint density at radius 2 is 2.12 bits per heavy atom. The van der Waals surface area contributed by atoms with E-state index in [4.69, 9.17) is 0 Å². The molecule has 1 heterocycles. The first-order chi connectivity index (χ1) is 7.99. The Balaban J connectivity index is 2.28. The molecule has 1 amide bonds. The van der Waals surface area contributed by atoms with Crippen LogP contribution >= 0.6 is 15.9 Å². The molecule has 2 nitrogen and oxygen atoms in total. The second-order valence-corrected chi connectivity index (χ2v) is 6.02. The quantitative estimate of drug-likeness (QED) is 0.775. The van der Waals surface area contributed by atoms with Crippen LogP contribution in [0.25, 0.3) is 0 Å². The lowest BCUT2D eigenvalue weighted by Gasteiger charge is -2.22. The fourth-order valence-corrected chi connectivity index (χ4v) is 2.92. The molecule has 1 saturated heterocycles. The van der Waals surface area contributed by atoms with E-state index in [0.29, 0.717) is 12.0 Å². The van der Waals surface area contributed by atoms with Crippen LogP contribution in [0.4, 0.5) is 0 Å². The minimum Gasteiger partial charge on any atom is -0.336 e. The average molecular weight is 296 g/mol. The lowest BCUT2D eigenvalue weighted by Crippen LogP contribution is -2.34. The van der Waals surface area contributed by atoms with Crippen molar-refractivity contribution in [3.8, 4) is 0 Å². The molecule has 92 valence electrons. The highest BCUT2D eigenvalue weighted by atomic mass is 79.9. The van der Waals surface area contributed by atoms with E-state index in [1.807, 2.05) is 30.0 Å². The second-order valence-electron chi connectivity index (χ2n) is 5.11. The maximum Gasteiger partial charge on any atom is 0.254 e. The summed E-state index contributed by atoms with van der Waals surface area (Å²) >= 11 is 3.43. The van der Waals surface area contributed by atoms with E-state index in [1.165, 1.54) is 0 Å². The van der Waals surface area contributed by atoms with E-state index in [-0.39, 0.29) is 5.91 Å². The Morgan fingerprint density at radius 3 is 2.71 bits per heavy atom. The van der Waals surface area contributed by atoms with Crippen molar-refractivity contribution in [2.45, 2.75) is 33.2 Å². The van der Waals surface area contributed by atoms with E-state index < -0.39 is 0 Å². The number of benzene rings is 1. The lowest BCUT2D eigenvalue weighted by atomic mass is 10.1. The van der Waals surface area contributed by atoms with Crippen molar-refractivity contribution in [2.75, 3.05) is 6.54 Å². The van der Waals surface area contributed by atoms with Crippen LogP contribution in [0.15, 0.2) is 22.7 Å². The highest BCUT2D eigenvalue weighted by Crippen LogP contribution is 2.26. The number of hydrogen-bond acceptors (Lipinski definition) is 1. The smallest absolute Gasteiger partial charge is 0.254 e. The molecule has 0 radical (unpaired) electrons. The van der Waals surface area contributed by atoms with Crippen LogP contribution in [-0.2, 0) is 0 Å². The minimum absolute atomic E-state index is 0.167. The van der Waals surface area contributed by atoms with Crippen molar-refractivity contribution < 1.29 is 4.79 Å². The summed E-state index contributed by atoms with van der Waals surface area (Å²) in [6, 6.07) is 6.24. The Labute approximate surface area is 111 Å². The number of likely N-dealkylation sites (tertiary alicyclic amines) is 1. The van der Waals surface area contributed by atoms with E-state index >= 15 is 0 Å². The predicted molar refractivity (Wildman–Crippen MR) is 73.2 cm³/mol. The molecule has 2 atom stereocenters. The molecule has 0 N–H and O–H groups in total. The SMILES string of the molecule is Cc1ccc(Br)cc1C(=O)N1CC(C)CC1C. The number of hydrogen-bond donors (Lipinski definition) is 0. The van der Waals surface area contributed by atoms with Crippen molar-refractivity contribution in [1.82, 2.24) is 4.90 Å². The van der Waals surface area contributed by atoms with Gasteiger partial charge in [0.15, 0.2) is 0 Å². The van der Waals surface area contributed by atoms with Gasteiger partial charge in [-0.25, -0.2) is 0 Å². The molecule has 17 heavy (non-hydrogen) atoms. The van der Waals surface area contributed by atoms with Gasteiger partial charge in [0.1, 0.15) is 0 Å². The highest BCUT2D eigenvalue weighted by molar-refractivity contribution is 9.10. The van der Waals surface area contributed by atoms with Crippen LogP contribution in [0, 0.1) is 12.8 Å². The van der Waals surface area contributed by atoms with Gasteiger partial charge in [0, 0.05) is 22.6 Å². The number of carbonyl (C=O) groups is 1. The average Bonchev–Trinajstić information content (AvgIpc) is 2.60. The molecule has 1 aromatic rings. The molecule has 2 unspecified atom stereocenters. The van der Waals surface area contributed by atoms with Gasteiger partial charge < -0.3 is 4.90 Å². The van der Waals surface area contributed by atoms with Crippen LogP contribution < -0.4 is 0 Å². The largest absolute Gasteiger partial charge is 0.336 e. The molecule has 3 heteroatoms. The van der Waals surface area contributed by atoms with Crippen LogP contribution in [0.3, 0.4) is 0 Å². The third-order valence-electron chi connectivity index (χ3n) is 3.47. The Morgan fingerprint density at radius 1 is 1.41 bits per heavy atom. The third kappa shape index (κ3) is 2.54. The van der Waals surface area contributed by atoms with Crippen molar-refractivity contribution in [3.05, 3.63) is 33.8 Å². The summed E-state index contributed by atoms with van der Waals surface area (Å²) in [4.78, 5) is 14.5. The normalized spacial score (nSPS) is 24.1. The van der Waals surface area contributed by atoms with Crippen molar-refractivity contribution in [3.63, 3.8) is 0 Å². The summed E-state index contributed by atoms with van der Waals surface area (Å²) in [7, 11) is 0. The Bertz CT molecular complexity index is 444. The summed E-state index contributed by atoms with van der Waals surface area (Å²) in [5.41, 5.74) is 1.87. The molecule has 1 aliphatic rings. The number of amides is 1. The van der Waals surface area contributed by atoms with Crippen LogP contribution in [0.1, 0.15) is 36.2 Å². The number of halogens is 1. The van der Waals surface area contributed by atoms with Crippen LogP contribution in [0.5, 0.6) is 0 Å². The molecule has 1 aliphatic heterocycles. The van der Waals surface area contributed by atoms with Crippen molar-refractivity contribution in [1.29, 1.82) is 0 Å². The molecule has 0 spiro atoms. The predicted octanol–water partition coefficient (Wildman–Crippen LogP) is 3.63. The van der Waals surface area contributed by atoms with Crippen LogP contribution in [0.2, 0.25) is 0 Å². The van der Waals surface area contributed by atoms with Gasteiger partial charge in [-0.1, -0.05) is 28.9 Å². The zero-order valence-electron chi connectivity index (χ0n) is 10.5. The monoisotopic (exact) mass is 295 g/mol. The summed E-state index contributed by atoms with van der Waals surface area (Å²) in [6.07, 6.45) is 1.11. The molecule has 1 aromatic carbocycles. The fourth-order valence-electron chi connectivity index (χ4n) is 2.56. The second kappa shape index (κ2) is 4.81. The standard InChI is InChI=1S/C14H18BrNO/c1-9-6-11(3)16(8-9)14(17)13-7-12(15)5-4-10(13)2/h4-5,7,9,11H,6,8H2,1-3H3. The molecular weight excluding hydrogens is 278 g/mol. The molecule has 0 saturated carbocycles. The van der Waals surface area contributed by atoms with E-state index in [2.05, 4.69) is 29.8 Å². The molecule has 0 aliphatic carbocycles. The zero-order valence-corrected chi connectivity index (χ0v) is 12.1. The van der Waals surface area contributed by atoms with Crippen molar-refractivity contribution >= 4 is 21.8 Å². The summed E-state index contributed by atoms with van der Waals surface area (Å²) < 4.78 is 0.964.